The Morgan fingerprint density at radius 2 is 1.87 bits per heavy atom. The Labute approximate surface area is 93.2 Å². The maximum Gasteiger partial charge on any atom is 0.172 e. The molecule has 0 rings (SSSR count). The van der Waals surface area contributed by atoms with Crippen molar-refractivity contribution < 1.29 is 5.11 Å². The van der Waals surface area contributed by atoms with Crippen molar-refractivity contribution in [3.8, 4) is 0 Å². The highest BCUT2D eigenvalue weighted by molar-refractivity contribution is 4.72. The zero-order valence-electron chi connectivity index (χ0n) is 10.4. The van der Waals surface area contributed by atoms with Crippen LogP contribution in [0.1, 0.15) is 12.8 Å². The van der Waals surface area contributed by atoms with Gasteiger partial charge in [-0.1, -0.05) is 0 Å². The molecular formula is C10H26N4O. The second-order valence-corrected chi connectivity index (χ2v) is 4.05. The van der Waals surface area contributed by atoms with Crippen LogP contribution in [0.15, 0.2) is 0 Å². The molecule has 5 heteroatoms. The number of nitrogens with one attached hydrogen (secondary N) is 3. The summed E-state index contributed by atoms with van der Waals surface area (Å²) in [7, 11) is 7.73. The van der Waals surface area contributed by atoms with Gasteiger partial charge in [0.15, 0.2) is 5.85 Å². The molecule has 0 fully saturated rings. The number of nitrogens with zero attached hydrogens (tertiary/aromatic N) is 1. The highest BCUT2D eigenvalue weighted by atomic mass is 16.3. The van der Waals surface area contributed by atoms with Crippen LogP contribution in [0, 0.1) is 0 Å². The molecular weight excluding hydrogens is 192 g/mol. The van der Waals surface area contributed by atoms with E-state index in [0.29, 0.717) is 6.42 Å². The highest BCUT2D eigenvalue weighted by Crippen LogP contribution is 1.99. The van der Waals surface area contributed by atoms with Crippen molar-refractivity contribution in [2.75, 3.05) is 47.8 Å². The molecule has 0 bridgehead atoms. The molecule has 5 nitrogen and oxygen atoms in total. The first-order valence-corrected chi connectivity index (χ1v) is 5.49. The molecule has 15 heavy (non-hydrogen) atoms. The van der Waals surface area contributed by atoms with Crippen LogP contribution in [-0.2, 0) is 0 Å². The molecule has 0 radical (unpaired) electrons. The molecule has 0 amide bonds. The second kappa shape index (κ2) is 8.01. The minimum atomic E-state index is -0.949. The largest absolute Gasteiger partial charge is 0.363 e. The Morgan fingerprint density at radius 1 is 1.20 bits per heavy atom. The Morgan fingerprint density at radius 3 is 2.33 bits per heavy atom. The summed E-state index contributed by atoms with van der Waals surface area (Å²) in [5.74, 6) is -0.949. The van der Waals surface area contributed by atoms with Gasteiger partial charge in [0, 0.05) is 19.5 Å². The zero-order valence-corrected chi connectivity index (χ0v) is 10.4. The lowest BCUT2D eigenvalue weighted by Gasteiger charge is -2.29. The number of rotatable bonds is 9. The third-order valence-electron chi connectivity index (χ3n) is 2.35. The summed E-state index contributed by atoms with van der Waals surface area (Å²) < 4.78 is 0. The zero-order chi connectivity index (χ0) is 11.7. The number of aliphatic hydroxyl groups is 1. The van der Waals surface area contributed by atoms with Gasteiger partial charge in [-0.3, -0.25) is 10.6 Å². The van der Waals surface area contributed by atoms with Crippen LogP contribution in [0.3, 0.4) is 0 Å². The molecule has 0 saturated heterocycles. The van der Waals surface area contributed by atoms with E-state index in [1.54, 1.807) is 7.05 Å². The molecule has 0 saturated carbocycles. The Bertz CT molecular complexity index is 154. The summed E-state index contributed by atoms with van der Waals surface area (Å²) in [6, 6.07) is 0. The van der Waals surface area contributed by atoms with E-state index in [0.717, 1.165) is 26.1 Å². The summed E-state index contributed by atoms with van der Waals surface area (Å²) in [4.78, 5) is 2.13. The predicted octanol–water partition coefficient (Wildman–Crippen LogP) is -0.997. The molecule has 1 unspecified atom stereocenters. The van der Waals surface area contributed by atoms with Crippen molar-refractivity contribution in [1.82, 2.24) is 20.9 Å². The summed E-state index contributed by atoms with van der Waals surface area (Å²) in [6.45, 7) is 2.61. The highest BCUT2D eigenvalue weighted by Gasteiger charge is 2.22. The van der Waals surface area contributed by atoms with Gasteiger partial charge in [0.1, 0.15) is 0 Å². The molecule has 0 aromatic heterocycles. The van der Waals surface area contributed by atoms with Gasteiger partial charge in [-0.15, -0.1) is 0 Å². The Kier molecular flexibility index (Phi) is 7.90. The van der Waals surface area contributed by atoms with Crippen molar-refractivity contribution in [3.05, 3.63) is 0 Å². The van der Waals surface area contributed by atoms with Crippen molar-refractivity contribution >= 4 is 0 Å². The van der Waals surface area contributed by atoms with Crippen LogP contribution in [0.2, 0.25) is 0 Å². The van der Waals surface area contributed by atoms with Crippen LogP contribution in [0.5, 0.6) is 0 Å². The lowest BCUT2D eigenvalue weighted by molar-refractivity contribution is -0.0282. The average Bonchev–Trinajstić information content (AvgIpc) is 2.21. The molecule has 0 aromatic rings. The second-order valence-electron chi connectivity index (χ2n) is 4.05. The fraction of sp³-hybridized carbons (Fsp3) is 1.00. The van der Waals surface area contributed by atoms with E-state index in [1.165, 1.54) is 0 Å². The lowest BCUT2D eigenvalue weighted by atomic mass is 10.2. The molecule has 0 aromatic carbocycles. The predicted molar refractivity (Wildman–Crippen MR) is 63.7 cm³/mol. The van der Waals surface area contributed by atoms with E-state index in [1.807, 2.05) is 21.1 Å². The SMILES string of the molecule is CNCCC(O)(NC)NCCCN(C)C. The van der Waals surface area contributed by atoms with Gasteiger partial charge in [0.2, 0.25) is 0 Å². The van der Waals surface area contributed by atoms with Crippen LogP contribution in [-0.4, -0.2) is 63.7 Å². The summed E-state index contributed by atoms with van der Waals surface area (Å²) >= 11 is 0. The third-order valence-corrected chi connectivity index (χ3v) is 2.35. The average molecular weight is 218 g/mol. The van der Waals surface area contributed by atoms with E-state index >= 15 is 0 Å². The summed E-state index contributed by atoms with van der Waals surface area (Å²) in [5.41, 5.74) is 0. The van der Waals surface area contributed by atoms with E-state index < -0.39 is 5.85 Å². The fourth-order valence-corrected chi connectivity index (χ4v) is 1.30. The summed E-state index contributed by atoms with van der Waals surface area (Å²) in [6.07, 6.45) is 1.67. The minimum absolute atomic E-state index is 0.641. The van der Waals surface area contributed by atoms with Gasteiger partial charge in [-0.2, -0.15) is 0 Å². The maximum atomic E-state index is 10.0. The first-order chi connectivity index (χ1) is 7.04. The summed E-state index contributed by atoms with van der Waals surface area (Å²) in [5, 5.41) is 19.1. The molecule has 0 heterocycles. The Balaban J connectivity index is 3.67. The smallest absolute Gasteiger partial charge is 0.172 e. The van der Waals surface area contributed by atoms with Gasteiger partial charge in [0.05, 0.1) is 0 Å². The molecule has 1 atom stereocenters. The Hall–Kier alpha value is -0.200. The van der Waals surface area contributed by atoms with E-state index in [2.05, 4.69) is 20.9 Å². The van der Waals surface area contributed by atoms with Gasteiger partial charge < -0.3 is 15.3 Å². The molecule has 0 spiro atoms. The van der Waals surface area contributed by atoms with Crippen molar-refractivity contribution in [2.24, 2.45) is 0 Å². The standard InChI is InChI=1S/C10H26N4O/c1-11-8-6-10(15,12-2)13-7-5-9-14(3)4/h11-13,15H,5-9H2,1-4H3. The fourth-order valence-electron chi connectivity index (χ4n) is 1.30. The van der Waals surface area contributed by atoms with Gasteiger partial charge in [-0.25, -0.2) is 0 Å². The van der Waals surface area contributed by atoms with Crippen LogP contribution in [0.25, 0.3) is 0 Å². The van der Waals surface area contributed by atoms with Crippen molar-refractivity contribution in [2.45, 2.75) is 18.7 Å². The van der Waals surface area contributed by atoms with Gasteiger partial charge in [-0.05, 0) is 41.2 Å². The topological polar surface area (TPSA) is 59.6 Å². The van der Waals surface area contributed by atoms with E-state index in [-0.39, 0.29) is 0 Å². The van der Waals surface area contributed by atoms with Gasteiger partial charge in [0.25, 0.3) is 0 Å². The molecule has 0 aliphatic heterocycles. The molecule has 92 valence electrons. The molecule has 0 aliphatic carbocycles. The maximum absolute atomic E-state index is 10.0. The van der Waals surface area contributed by atoms with E-state index in [9.17, 15) is 5.11 Å². The quantitative estimate of drug-likeness (QED) is 0.295. The molecule has 0 aliphatic rings. The van der Waals surface area contributed by atoms with Crippen LogP contribution in [0.4, 0.5) is 0 Å². The first kappa shape index (κ1) is 14.8. The molecule has 4 N–H and O–H groups in total. The van der Waals surface area contributed by atoms with Crippen LogP contribution >= 0.6 is 0 Å². The first-order valence-electron chi connectivity index (χ1n) is 5.49. The monoisotopic (exact) mass is 218 g/mol. The van der Waals surface area contributed by atoms with Crippen LogP contribution < -0.4 is 16.0 Å². The van der Waals surface area contributed by atoms with Gasteiger partial charge >= 0.3 is 0 Å². The normalized spacial score (nSPS) is 15.6. The minimum Gasteiger partial charge on any atom is -0.363 e. The van der Waals surface area contributed by atoms with Crippen molar-refractivity contribution in [1.29, 1.82) is 0 Å². The lowest BCUT2D eigenvalue weighted by Crippen LogP contribution is -2.57. The van der Waals surface area contributed by atoms with E-state index in [4.69, 9.17) is 0 Å². The number of hydrogen-bond donors (Lipinski definition) is 4. The third kappa shape index (κ3) is 7.70. The number of hydrogen-bond acceptors (Lipinski definition) is 5. The van der Waals surface area contributed by atoms with Crippen molar-refractivity contribution in [3.63, 3.8) is 0 Å².